The van der Waals surface area contributed by atoms with Crippen molar-refractivity contribution in [2.45, 2.75) is 25.9 Å². The molecule has 1 aliphatic heterocycles. The number of aryl methyl sites for hydroxylation is 1. The Balaban J connectivity index is 1.62. The number of sulfonamides is 1. The second-order valence-corrected chi connectivity index (χ2v) is 11.8. The van der Waals surface area contributed by atoms with Crippen molar-refractivity contribution >= 4 is 44.7 Å². The Morgan fingerprint density at radius 2 is 1.77 bits per heavy atom. The summed E-state index contributed by atoms with van der Waals surface area (Å²) in [7, 11) is -2.04. The Labute approximate surface area is 238 Å². The molecule has 4 aromatic rings. The minimum Gasteiger partial charge on any atom is -0.465 e. The van der Waals surface area contributed by atoms with Gasteiger partial charge in [-0.15, -0.1) is 0 Å². The quantitative estimate of drug-likeness (QED) is 0.239. The van der Waals surface area contributed by atoms with Crippen LogP contribution in [0.2, 0.25) is 0 Å². The average molecular weight is 576 g/mol. The first-order valence-electron chi connectivity index (χ1n) is 12.5. The Hall–Kier alpha value is -4.22. The van der Waals surface area contributed by atoms with Gasteiger partial charge in [0.1, 0.15) is 0 Å². The molecule has 0 amide bonds. The van der Waals surface area contributed by atoms with Crippen LogP contribution in [0.15, 0.2) is 79.0 Å². The van der Waals surface area contributed by atoms with Gasteiger partial charge in [-0.1, -0.05) is 12.1 Å². The van der Waals surface area contributed by atoms with Crippen LogP contribution < -0.4 is 14.9 Å². The highest BCUT2D eigenvalue weighted by Gasteiger charge is 2.42. The third kappa shape index (κ3) is 5.30. The standard InChI is InChI=1S/C29H29N5O4S2/c1-18-16-24(19(2)33(18)23-9-7-8-20(17-23)28(35)38-3)27-26(25-10-5-6-15-30-25)31-29(39)34(27)22-13-11-21(12-14-22)32-40(4,36)37/h5-17,26-27,32H,1-4H3,(H,31,39)/t26-,27-/m0/s1. The molecular weight excluding hydrogens is 546 g/mol. The fourth-order valence-corrected chi connectivity index (χ4v) is 6.14. The maximum atomic E-state index is 12.2. The van der Waals surface area contributed by atoms with Gasteiger partial charge in [-0.3, -0.25) is 9.71 Å². The number of methoxy groups -OCH3 is 1. The second kappa shape index (κ2) is 10.7. The molecule has 0 saturated carbocycles. The predicted octanol–water partition coefficient (Wildman–Crippen LogP) is 4.82. The summed E-state index contributed by atoms with van der Waals surface area (Å²) in [5, 5.41) is 3.99. The van der Waals surface area contributed by atoms with Gasteiger partial charge in [-0.25, -0.2) is 13.2 Å². The summed E-state index contributed by atoms with van der Waals surface area (Å²) in [6.45, 7) is 4.06. The van der Waals surface area contributed by atoms with Crippen molar-refractivity contribution in [3.05, 3.63) is 107 Å². The van der Waals surface area contributed by atoms with Gasteiger partial charge in [-0.05, 0) is 92.3 Å². The average Bonchev–Trinajstić information content (AvgIpc) is 3.43. The van der Waals surface area contributed by atoms with Crippen LogP contribution in [0.25, 0.3) is 5.69 Å². The first kappa shape index (κ1) is 27.4. The van der Waals surface area contributed by atoms with Gasteiger partial charge in [0.05, 0.1) is 36.7 Å². The number of rotatable bonds is 7. The number of aromatic nitrogens is 2. The SMILES string of the molecule is COC(=O)c1cccc(-n2c(C)cc([C@H]3[C@H](c4ccccn4)NC(=S)N3c3ccc(NS(C)(=O)=O)cc3)c2C)c1. The van der Waals surface area contributed by atoms with Crippen LogP contribution in [0, 0.1) is 13.8 Å². The lowest BCUT2D eigenvalue weighted by molar-refractivity contribution is 0.0600. The zero-order valence-corrected chi connectivity index (χ0v) is 24.1. The van der Waals surface area contributed by atoms with E-state index in [1.165, 1.54) is 7.11 Å². The number of nitrogens with zero attached hydrogens (tertiary/aromatic N) is 3. The van der Waals surface area contributed by atoms with E-state index in [1.807, 2.05) is 67.3 Å². The molecule has 3 heterocycles. The van der Waals surface area contributed by atoms with E-state index < -0.39 is 16.0 Å². The third-order valence-corrected chi connectivity index (χ3v) is 7.78. The molecule has 1 fully saturated rings. The highest BCUT2D eigenvalue weighted by atomic mass is 32.2. The van der Waals surface area contributed by atoms with Crippen molar-refractivity contribution < 1.29 is 17.9 Å². The predicted molar refractivity (Wildman–Crippen MR) is 159 cm³/mol. The molecule has 0 aliphatic carbocycles. The molecular formula is C29H29N5O4S2. The zero-order chi connectivity index (χ0) is 28.6. The summed E-state index contributed by atoms with van der Waals surface area (Å²) in [4.78, 5) is 18.9. The van der Waals surface area contributed by atoms with E-state index in [0.29, 0.717) is 16.4 Å². The molecule has 206 valence electrons. The molecule has 11 heteroatoms. The van der Waals surface area contributed by atoms with Crippen LogP contribution >= 0.6 is 12.2 Å². The maximum Gasteiger partial charge on any atom is 0.337 e. The topological polar surface area (TPSA) is 106 Å². The smallest absolute Gasteiger partial charge is 0.337 e. The number of carbonyl (C=O) groups is 1. The van der Waals surface area contributed by atoms with E-state index in [4.69, 9.17) is 17.0 Å². The Morgan fingerprint density at radius 3 is 2.42 bits per heavy atom. The lowest BCUT2D eigenvalue weighted by atomic mass is 9.96. The van der Waals surface area contributed by atoms with Crippen molar-refractivity contribution in [1.29, 1.82) is 0 Å². The van der Waals surface area contributed by atoms with Gasteiger partial charge in [0.2, 0.25) is 10.0 Å². The number of hydrogen-bond acceptors (Lipinski definition) is 6. The largest absolute Gasteiger partial charge is 0.465 e. The first-order valence-corrected chi connectivity index (χ1v) is 14.8. The van der Waals surface area contributed by atoms with Crippen LogP contribution in [0.1, 0.15) is 45.1 Å². The summed E-state index contributed by atoms with van der Waals surface area (Å²) < 4.78 is 32.9. The van der Waals surface area contributed by atoms with E-state index in [2.05, 4.69) is 25.7 Å². The number of carbonyl (C=O) groups excluding carboxylic acids is 1. The van der Waals surface area contributed by atoms with Crippen LogP contribution in [0.5, 0.6) is 0 Å². The number of nitrogens with one attached hydrogen (secondary N) is 2. The van der Waals surface area contributed by atoms with Gasteiger partial charge >= 0.3 is 5.97 Å². The summed E-state index contributed by atoms with van der Waals surface area (Å²) in [5.74, 6) is -0.398. The highest BCUT2D eigenvalue weighted by molar-refractivity contribution is 7.92. The lowest BCUT2D eigenvalue weighted by Gasteiger charge is -2.28. The molecule has 40 heavy (non-hydrogen) atoms. The summed E-state index contributed by atoms with van der Waals surface area (Å²) >= 11 is 5.85. The van der Waals surface area contributed by atoms with Crippen molar-refractivity contribution in [1.82, 2.24) is 14.9 Å². The van der Waals surface area contributed by atoms with Crippen LogP contribution in [-0.4, -0.2) is 42.4 Å². The molecule has 0 unspecified atom stereocenters. The normalized spacial score (nSPS) is 17.0. The highest BCUT2D eigenvalue weighted by Crippen LogP contribution is 2.44. The molecule has 9 nitrogen and oxygen atoms in total. The van der Waals surface area contributed by atoms with Crippen molar-refractivity contribution in [2.24, 2.45) is 0 Å². The Kier molecular flexibility index (Phi) is 7.35. The monoisotopic (exact) mass is 575 g/mol. The molecule has 1 saturated heterocycles. The number of esters is 1. The Morgan fingerprint density at radius 1 is 1.02 bits per heavy atom. The number of hydrogen-bond donors (Lipinski definition) is 2. The number of thiocarbonyl (C=S) groups is 1. The first-order chi connectivity index (χ1) is 19.1. The molecule has 2 N–H and O–H groups in total. The van der Waals surface area contributed by atoms with E-state index >= 15 is 0 Å². The van der Waals surface area contributed by atoms with Crippen molar-refractivity contribution in [3.8, 4) is 5.69 Å². The fourth-order valence-electron chi connectivity index (χ4n) is 5.23. The molecule has 0 radical (unpaired) electrons. The zero-order valence-electron chi connectivity index (χ0n) is 22.5. The fraction of sp³-hybridized carbons (Fsp3) is 0.207. The molecule has 2 atom stereocenters. The van der Waals surface area contributed by atoms with Gasteiger partial charge < -0.3 is 19.5 Å². The van der Waals surface area contributed by atoms with Crippen LogP contribution in [-0.2, 0) is 14.8 Å². The molecule has 0 bridgehead atoms. The van der Waals surface area contributed by atoms with E-state index in [1.54, 1.807) is 24.4 Å². The van der Waals surface area contributed by atoms with Gasteiger partial charge in [-0.2, -0.15) is 0 Å². The van der Waals surface area contributed by atoms with Crippen molar-refractivity contribution in [3.63, 3.8) is 0 Å². The van der Waals surface area contributed by atoms with Gasteiger partial charge in [0.15, 0.2) is 5.11 Å². The number of anilines is 2. The maximum absolute atomic E-state index is 12.2. The molecule has 2 aromatic heterocycles. The lowest BCUT2D eigenvalue weighted by Crippen LogP contribution is -2.29. The summed E-state index contributed by atoms with van der Waals surface area (Å²) in [6.07, 6.45) is 2.87. The summed E-state index contributed by atoms with van der Waals surface area (Å²) in [5.41, 5.74) is 6.41. The van der Waals surface area contributed by atoms with Crippen molar-refractivity contribution in [2.75, 3.05) is 23.0 Å². The third-order valence-electron chi connectivity index (χ3n) is 6.86. The van der Waals surface area contributed by atoms with E-state index in [0.717, 1.165) is 40.3 Å². The number of ether oxygens (including phenoxy) is 1. The second-order valence-electron chi connectivity index (χ2n) is 9.62. The molecule has 5 rings (SSSR count). The number of benzene rings is 2. The minimum atomic E-state index is -3.40. The molecule has 1 aliphatic rings. The van der Waals surface area contributed by atoms with Gasteiger partial charge in [0.25, 0.3) is 0 Å². The summed E-state index contributed by atoms with van der Waals surface area (Å²) in [6, 6.07) is 21.8. The molecule has 2 aromatic carbocycles. The molecule has 0 spiro atoms. The number of pyridine rings is 1. The van der Waals surface area contributed by atoms with Crippen LogP contribution in [0.3, 0.4) is 0 Å². The van der Waals surface area contributed by atoms with E-state index in [9.17, 15) is 13.2 Å². The van der Waals surface area contributed by atoms with Crippen LogP contribution in [0.4, 0.5) is 11.4 Å². The van der Waals surface area contributed by atoms with Gasteiger partial charge in [0, 0.05) is 34.6 Å². The minimum absolute atomic E-state index is 0.252. The Bertz CT molecular complexity index is 1690. The van der Waals surface area contributed by atoms with E-state index in [-0.39, 0.29) is 12.1 Å².